The number of oxazole rings is 1. The van der Waals surface area contributed by atoms with Crippen molar-refractivity contribution >= 4 is 11.6 Å². The summed E-state index contributed by atoms with van der Waals surface area (Å²) in [4.78, 5) is 18.4. The van der Waals surface area contributed by atoms with Crippen molar-refractivity contribution in [2.24, 2.45) is 5.73 Å². The number of benzene rings is 1. The summed E-state index contributed by atoms with van der Waals surface area (Å²) >= 11 is 0. The van der Waals surface area contributed by atoms with E-state index in [1.54, 1.807) is 18.4 Å². The van der Waals surface area contributed by atoms with Crippen LogP contribution in [0.15, 0.2) is 51.5 Å². The molecule has 122 valence electrons. The van der Waals surface area contributed by atoms with Crippen LogP contribution in [0.25, 0.3) is 11.7 Å². The summed E-state index contributed by atoms with van der Waals surface area (Å²) in [6, 6.07) is 11.2. The lowest BCUT2D eigenvalue weighted by molar-refractivity contribution is -0.119. The van der Waals surface area contributed by atoms with E-state index in [0.29, 0.717) is 30.4 Å². The van der Waals surface area contributed by atoms with Gasteiger partial charge in [0.2, 0.25) is 5.91 Å². The van der Waals surface area contributed by atoms with Gasteiger partial charge in [-0.15, -0.1) is 0 Å². The van der Waals surface area contributed by atoms with Gasteiger partial charge in [0.15, 0.2) is 5.76 Å². The quantitative estimate of drug-likeness (QED) is 0.798. The van der Waals surface area contributed by atoms with Crippen molar-refractivity contribution in [3.05, 3.63) is 59.7 Å². The topological polar surface area (TPSA) is 85.5 Å². The smallest absolute Gasteiger partial charge is 0.263 e. The molecule has 2 N–H and O–H groups in total. The minimum absolute atomic E-state index is 0.335. The fourth-order valence-electron chi connectivity index (χ4n) is 3.14. The van der Waals surface area contributed by atoms with Crippen molar-refractivity contribution in [3.63, 3.8) is 0 Å². The Morgan fingerprint density at radius 3 is 2.92 bits per heavy atom. The third-order valence-corrected chi connectivity index (χ3v) is 4.36. The molecule has 0 spiro atoms. The Balaban J connectivity index is 1.68. The predicted octanol–water partition coefficient (Wildman–Crippen LogP) is 2.66. The van der Waals surface area contributed by atoms with Crippen molar-refractivity contribution in [1.82, 2.24) is 4.98 Å². The number of primary amides is 1. The highest BCUT2D eigenvalue weighted by Gasteiger charge is 2.33. The number of amides is 1. The molecule has 6 nitrogen and oxygen atoms in total. The fourth-order valence-corrected chi connectivity index (χ4v) is 3.14. The van der Waals surface area contributed by atoms with E-state index >= 15 is 0 Å². The van der Waals surface area contributed by atoms with Gasteiger partial charge < -0.3 is 19.5 Å². The first kappa shape index (κ1) is 14.6. The second-order valence-corrected chi connectivity index (χ2v) is 5.88. The van der Waals surface area contributed by atoms with Gasteiger partial charge in [0.1, 0.15) is 17.5 Å². The molecule has 3 heterocycles. The number of anilines is 1. The summed E-state index contributed by atoms with van der Waals surface area (Å²) in [5.41, 5.74) is 8.51. The van der Waals surface area contributed by atoms with E-state index in [0.717, 1.165) is 16.9 Å². The number of nitrogens with two attached hydrogens (primary N) is 1. The Hall–Kier alpha value is -3.02. The van der Waals surface area contributed by atoms with Gasteiger partial charge in [-0.05, 0) is 30.7 Å². The number of aromatic nitrogens is 1. The number of nitrogens with zero attached hydrogens (tertiary/aromatic N) is 2. The van der Waals surface area contributed by atoms with Gasteiger partial charge in [0, 0.05) is 12.1 Å². The Bertz CT molecular complexity index is 883. The molecule has 0 bridgehead atoms. The standard InChI is InChI=1S/C18H17N3O3/c1-11-13(20-18(24-11)16-7-4-8-23-16)10-21-14-6-3-2-5-12(14)9-15(21)17(19)22/h2-8,15H,9-10H2,1H3,(H2,19,22)/t15-/m0/s1. The van der Waals surface area contributed by atoms with Crippen LogP contribution in [0.3, 0.4) is 0 Å². The molecule has 1 amide bonds. The highest BCUT2D eigenvalue weighted by molar-refractivity contribution is 5.86. The third-order valence-electron chi connectivity index (χ3n) is 4.36. The number of fused-ring (bicyclic) bond motifs is 1. The Labute approximate surface area is 138 Å². The second-order valence-electron chi connectivity index (χ2n) is 5.88. The summed E-state index contributed by atoms with van der Waals surface area (Å²) in [6.07, 6.45) is 2.20. The third kappa shape index (κ3) is 2.36. The lowest BCUT2D eigenvalue weighted by atomic mass is 10.1. The molecule has 1 aliphatic heterocycles. The lowest BCUT2D eigenvalue weighted by Crippen LogP contribution is -2.42. The van der Waals surface area contributed by atoms with E-state index in [9.17, 15) is 4.79 Å². The highest BCUT2D eigenvalue weighted by Crippen LogP contribution is 2.34. The normalized spacial score (nSPS) is 16.4. The van der Waals surface area contributed by atoms with Gasteiger partial charge in [-0.2, -0.15) is 0 Å². The molecule has 24 heavy (non-hydrogen) atoms. The van der Waals surface area contributed by atoms with Gasteiger partial charge in [0.05, 0.1) is 12.8 Å². The van der Waals surface area contributed by atoms with Crippen molar-refractivity contribution < 1.29 is 13.6 Å². The molecule has 2 aromatic heterocycles. The van der Waals surface area contributed by atoms with Gasteiger partial charge in [0.25, 0.3) is 5.89 Å². The lowest BCUT2D eigenvalue weighted by Gasteiger charge is -2.24. The highest BCUT2D eigenvalue weighted by atomic mass is 16.4. The number of hydrogen-bond donors (Lipinski definition) is 1. The summed E-state index contributed by atoms with van der Waals surface area (Å²) in [5.74, 6) is 1.39. The van der Waals surface area contributed by atoms with Crippen LogP contribution in [0.1, 0.15) is 17.0 Å². The summed E-state index contributed by atoms with van der Waals surface area (Å²) < 4.78 is 11.0. The SMILES string of the molecule is Cc1oc(-c2ccco2)nc1CN1c2ccccc2C[C@H]1C(N)=O. The maximum atomic E-state index is 11.9. The van der Waals surface area contributed by atoms with E-state index < -0.39 is 0 Å². The molecule has 6 heteroatoms. The van der Waals surface area contributed by atoms with Crippen molar-refractivity contribution in [2.45, 2.75) is 25.9 Å². The predicted molar refractivity (Wildman–Crippen MR) is 88.3 cm³/mol. The number of rotatable bonds is 4. The second kappa shape index (κ2) is 5.56. The number of aryl methyl sites for hydroxylation is 1. The maximum absolute atomic E-state index is 11.9. The van der Waals surface area contributed by atoms with Crippen LogP contribution in [0.5, 0.6) is 0 Å². The first-order valence-corrected chi connectivity index (χ1v) is 7.77. The molecule has 0 fully saturated rings. The molecule has 1 aromatic carbocycles. The zero-order valence-corrected chi connectivity index (χ0v) is 13.2. The summed E-state index contributed by atoms with van der Waals surface area (Å²) in [5, 5.41) is 0. The van der Waals surface area contributed by atoms with Gasteiger partial charge in [-0.1, -0.05) is 18.2 Å². The van der Waals surface area contributed by atoms with Crippen molar-refractivity contribution in [3.8, 4) is 11.7 Å². The van der Waals surface area contributed by atoms with Crippen LogP contribution in [-0.4, -0.2) is 16.9 Å². The van der Waals surface area contributed by atoms with Crippen molar-refractivity contribution in [2.75, 3.05) is 4.90 Å². The molecule has 1 aliphatic rings. The average molecular weight is 323 g/mol. The van der Waals surface area contributed by atoms with E-state index in [4.69, 9.17) is 14.6 Å². The Morgan fingerprint density at radius 2 is 2.17 bits per heavy atom. The Morgan fingerprint density at radius 1 is 1.33 bits per heavy atom. The fraction of sp³-hybridized carbons (Fsp3) is 0.222. The molecule has 0 radical (unpaired) electrons. The number of carbonyl (C=O) groups excluding carboxylic acids is 1. The minimum atomic E-state index is -0.370. The van der Waals surface area contributed by atoms with E-state index in [1.807, 2.05) is 36.1 Å². The molecule has 0 saturated heterocycles. The number of hydrogen-bond acceptors (Lipinski definition) is 5. The minimum Gasteiger partial charge on any atom is -0.459 e. The molecule has 0 unspecified atom stereocenters. The maximum Gasteiger partial charge on any atom is 0.263 e. The monoisotopic (exact) mass is 323 g/mol. The zero-order valence-electron chi connectivity index (χ0n) is 13.2. The molecule has 3 aromatic rings. The molecular formula is C18H17N3O3. The van der Waals surface area contributed by atoms with E-state index in [1.165, 1.54) is 0 Å². The van der Waals surface area contributed by atoms with Crippen LogP contribution >= 0.6 is 0 Å². The van der Waals surface area contributed by atoms with Gasteiger partial charge in [-0.25, -0.2) is 4.98 Å². The molecular weight excluding hydrogens is 306 g/mol. The van der Waals surface area contributed by atoms with Crippen LogP contribution in [-0.2, 0) is 17.8 Å². The van der Waals surface area contributed by atoms with E-state index in [2.05, 4.69) is 4.98 Å². The van der Waals surface area contributed by atoms with Crippen LogP contribution < -0.4 is 10.6 Å². The molecule has 0 aliphatic carbocycles. The van der Waals surface area contributed by atoms with Crippen LogP contribution in [0, 0.1) is 6.92 Å². The van der Waals surface area contributed by atoms with Crippen LogP contribution in [0.4, 0.5) is 5.69 Å². The summed E-state index contributed by atoms with van der Waals surface area (Å²) in [6.45, 7) is 2.32. The molecule has 1 atom stereocenters. The number of para-hydroxylation sites is 1. The van der Waals surface area contributed by atoms with E-state index in [-0.39, 0.29) is 11.9 Å². The van der Waals surface area contributed by atoms with Crippen molar-refractivity contribution in [1.29, 1.82) is 0 Å². The zero-order chi connectivity index (χ0) is 16.7. The largest absolute Gasteiger partial charge is 0.459 e. The summed E-state index contributed by atoms with van der Waals surface area (Å²) in [7, 11) is 0. The number of furan rings is 1. The van der Waals surface area contributed by atoms with Crippen LogP contribution in [0.2, 0.25) is 0 Å². The molecule has 0 saturated carbocycles. The Kier molecular flexibility index (Phi) is 3.37. The number of carbonyl (C=O) groups is 1. The molecule has 4 rings (SSSR count). The van der Waals surface area contributed by atoms with Gasteiger partial charge >= 0.3 is 0 Å². The first-order valence-electron chi connectivity index (χ1n) is 7.77. The van der Waals surface area contributed by atoms with Gasteiger partial charge in [-0.3, -0.25) is 4.79 Å². The average Bonchev–Trinajstić information content (AvgIpc) is 3.28. The first-order chi connectivity index (χ1) is 11.6.